The van der Waals surface area contributed by atoms with E-state index < -0.39 is 18.2 Å². The second-order valence-electron chi connectivity index (χ2n) is 8.72. The van der Waals surface area contributed by atoms with Crippen molar-refractivity contribution in [1.82, 2.24) is 24.3 Å². The van der Waals surface area contributed by atoms with Crippen molar-refractivity contribution in [1.29, 1.82) is 0 Å². The zero-order valence-electron chi connectivity index (χ0n) is 20.8. The summed E-state index contributed by atoms with van der Waals surface area (Å²) in [6.45, 7) is 0.548. The number of aromatic nitrogens is 5. The molecule has 3 heterocycles. The number of aliphatic hydroxyl groups excluding tert-OH is 1. The van der Waals surface area contributed by atoms with Crippen molar-refractivity contribution >= 4 is 29.2 Å². The largest absolute Gasteiger partial charge is 0.494 e. The summed E-state index contributed by atoms with van der Waals surface area (Å²) in [7, 11) is 1.59. The molecule has 10 nitrogen and oxygen atoms in total. The van der Waals surface area contributed by atoms with Crippen LogP contribution in [-0.2, 0) is 11.3 Å². The molecule has 1 aliphatic rings. The Kier molecular flexibility index (Phi) is 8.59. The summed E-state index contributed by atoms with van der Waals surface area (Å²) in [6, 6.07) is 11.9. The van der Waals surface area contributed by atoms with Crippen LogP contribution in [0.15, 0.2) is 55.0 Å². The molecule has 0 radical (unpaired) electrons. The number of carboxylic acid groups (broad SMARTS) is 1. The van der Waals surface area contributed by atoms with Crippen molar-refractivity contribution in [2.75, 3.05) is 12.4 Å². The maximum absolute atomic E-state index is 13.4. The summed E-state index contributed by atoms with van der Waals surface area (Å²) in [5.74, 6) is -1.44. The summed E-state index contributed by atoms with van der Waals surface area (Å²) in [5.41, 5.74) is 2.44. The number of aliphatic hydroxyl groups is 1. The SMILES string of the molecule is COc1cc(Nc2nc3n(n2)CC[C@@H](O)C[C@@H]3c2ccc(F)cc2)ccc1-n1cnc(Cl)c1.O=C(O)C(F)(F)F. The molecule has 3 N–H and O–H groups in total. The van der Waals surface area contributed by atoms with Crippen LogP contribution in [0.25, 0.3) is 5.69 Å². The van der Waals surface area contributed by atoms with E-state index >= 15 is 0 Å². The molecule has 212 valence electrons. The van der Waals surface area contributed by atoms with Crippen molar-refractivity contribution in [3.8, 4) is 11.4 Å². The average Bonchev–Trinajstić information content (AvgIpc) is 3.48. The van der Waals surface area contributed by atoms with Gasteiger partial charge in [-0.25, -0.2) is 18.9 Å². The molecule has 0 fully saturated rings. The minimum atomic E-state index is -5.08. The molecule has 4 aromatic rings. The molecule has 0 amide bonds. The van der Waals surface area contributed by atoms with E-state index in [1.807, 2.05) is 22.9 Å². The molecule has 0 saturated heterocycles. The van der Waals surface area contributed by atoms with E-state index in [-0.39, 0.29) is 11.7 Å². The molecule has 0 bridgehead atoms. The number of benzene rings is 2. The van der Waals surface area contributed by atoms with Gasteiger partial charge in [-0.2, -0.15) is 18.2 Å². The number of carbonyl (C=O) groups is 1. The summed E-state index contributed by atoms with van der Waals surface area (Å²) >= 11 is 5.94. The fourth-order valence-electron chi connectivity index (χ4n) is 4.10. The number of hydrogen-bond acceptors (Lipinski definition) is 7. The van der Waals surface area contributed by atoms with E-state index in [1.54, 1.807) is 36.3 Å². The predicted octanol–water partition coefficient (Wildman–Crippen LogP) is 4.93. The summed E-state index contributed by atoms with van der Waals surface area (Å²) in [4.78, 5) is 17.7. The fraction of sp³-hybridized carbons (Fsp3) is 0.280. The first-order valence-electron chi connectivity index (χ1n) is 11.8. The molecule has 0 saturated carbocycles. The number of alkyl halides is 3. The van der Waals surface area contributed by atoms with Gasteiger partial charge in [-0.15, -0.1) is 5.10 Å². The molecule has 5 rings (SSSR count). The first-order chi connectivity index (χ1) is 18.9. The third kappa shape index (κ3) is 6.87. The maximum atomic E-state index is 13.4. The van der Waals surface area contributed by atoms with Crippen LogP contribution < -0.4 is 10.1 Å². The van der Waals surface area contributed by atoms with Gasteiger partial charge < -0.3 is 24.8 Å². The van der Waals surface area contributed by atoms with Crippen LogP contribution in [0.3, 0.4) is 0 Å². The minimum Gasteiger partial charge on any atom is -0.494 e. The van der Waals surface area contributed by atoms with Gasteiger partial charge in [0.15, 0.2) is 0 Å². The molecule has 0 unspecified atom stereocenters. The number of imidazole rings is 1. The average molecular weight is 583 g/mol. The number of methoxy groups -OCH3 is 1. The summed E-state index contributed by atoms with van der Waals surface area (Å²) in [6.07, 6.45) is -1.17. The maximum Gasteiger partial charge on any atom is 0.490 e. The zero-order chi connectivity index (χ0) is 29.0. The zero-order valence-corrected chi connectivity index (χ0v) is 21.6. The number of anilines is 2. The number of aryl methyl sites for hydroxylation is 1. The smallest absolute Gasteiger partial charge is 0.490 e. The van der Waals surface area contributed by atoms with E-state index in [1.165, 1.54) is 12.1 Å². The number of nitrogens with zero attached hydrogens (tertiary/aromatic N) is 5. The summed E-state index contributed by atoms with van der Waals surface area (Å²) in [5, 5.41) is 25.7. The van der Waals surface area contributed by atoms with Gasteiger partial charge in [-0.3, -0.25) is 0 Å². The number of nitrogens with one attached hydrogen (secondary N) is 1. The van der Waals surface area contributed by atoms with E-state index in [9.17, 15) is 22.7 Å². The third-order valence-corrected chi connectivity index (χ3v) is 6.17. The molecule has 2 aromatic heterocycles. The first-order valence-corrected chi connectivity index (χ1v) is 12.2. The van der Waals surface area contributed by atoms with Crippen LogP contribution in [0.2, 0.25) is 5.15 Å². The van der Waals surface area contributed by atoms with Gasteiger partial charge in [0.25, 0.3) is 0 Å². The lowest BCUT2D eigenvalue weighted by Crippen LogP contribution is -2.21. The topological polar surface area (TPSA) is 127 Å². The molecule has 40 heavy (non-hydrogen) atoms. The van der Waals surface area contributed by atoms with Crippen LogP contribution in [0.4, 0.5) is 29.2 Å². The van der Waals surface area contributed by atoms with E-state index in [0.29, 0.717) is 36.2 Å². The highest BCUT2D eigenvalue weighted by molar-refractivity contribution is 6.29. The Labute approximate surface area is 229 Å². The fourth-order valence-corrected chi connectivity index (χ4v) is 4.25. The monoisotopic (exact) mass is 582 g/mol. The summed E-state index contributed by atoms with van der Waals surface area (Å²) < 4.78 is 54.3. The molecular formula is C25H23ClF4N6O4. The number of ether oxygens (including phenoxy) is 1. The second-order valence-corrected chi connectivity index (χ2v) is 9.10. The van der Waals surface area contributed by atoms with Crippen molar-refractivity contribution in [2.45, 2.75) is 37.6 Å². The lowest BCUT2D eigenvalue weighted by Gasteiger charge is -2.16. The highest BCUT2D eigenvalue weighted by Crippen LogP contribution is 2.34. The lowest BCUT2D eigenvalue weighted by atomic mass is 9.92. The Morgan fingerprint density at radius 2 is 1.90 bits per heavy atom. The number of carboxylic acids is 1. The van der Waals surface area contributed by atoms with E-state index in [4.69, 9.17) is 31.2 Å². The minimum absolute atomic E-state index is 0.186. The van der Waals surface area contributed by atoms with Crippen LogP contribution in [0, 0.1) is 5.82 Å². The molecular weight excluding hydrogens is 560 g/mol. The second kappa shape index (κ2) is 11.9. The van der Waals surface area contributed by atoms with Crippen LogP contribution in [0.1, 0.15) is 30.1 Å². The Hall–Kier alpha value is -4.17. The van der Waals surface area contributed by atoms with Gasteiger partial charge in [-0.05, 0) is 42.7 Å². The number of fused-ring (bicyclic) bond motifs is 1. The predicted molar refractivity (Wildman–Crippen MR) is 136 cm³/mol. The highest BCUT2D eigenvalue weighted by atomic mass is 35.5. The number of halogens is 5. The van der Waals surface area contributed by atoms with Gasteiger partial charge in [0, 0.05) is 30.4 Å². The Bertz CT molecular complexity index is 1470. The molecule has 0 spiro atoms. The van der Waals surface area contributed by atoms with E-state index in [0.717, 1.165) is 22.8 Å². The van der Waals surface area contributed by atoms with Crippen molar-refractivity contribution in [3.63, 3.8) is 0 Å². The highest BCUT2D eigenvalue weighted by Gasteiger charge is 2.38. The van der Waals surface area contributed by atoms with Crippen LogP contribution in [0.5, 0.6) is 5.75 Å². The van der Waals surface area contributed by atoms with Gasteiger partial charge in [0.1, 0.15) is 28.9 Å². The Balaban J connectivity index is 0.000000470. The van der Waals surface area contributed by atoms with Gasteiger partial charge in [-0.1, -0.05) is 23.7 Å². The normalized spacial score (nSPS) is 16.8. The molecule has 15 heteroatoms. The molecule has 1 aliphatic heterocycles. The van der Waals surface area contributed by atoms with Crippen molar-refractivity contribution < 1.29 is 37.3 Å². The standard InChI is InChI=1S/C23H22ClFN6O2.C2HF3O2/c1-33-20-10-16(6-7-19(20)30-12-21(24)26-13-30)27-23-28-22-18(14-2-4-15(25)5-3-14)11-17(32)8-9-31(22)29-23;3-2(4,5)1(6)7/h2-7,10,12-13,17-18,32H,8-9,11H2,1H3,(H,27,29);(H,6,7)/t17-,18-;/m1./s1. The quantitative estimate of drug-likeness (QED) is 0.283. The molecule has 2 atom stereocenters. The third-order valence-electron chi connectivity index (χ3n) is 5.97. The van der Waals surface area contributed by atoms with Gasteiger partial charge in [0.2, 0.25) is 5.95 Å². The lowest BCUT2D eigenvalue weighted by molar-refractivity contribution is -0.192. The van der Waals surface area contributed by atoms with E-state index in [2.05, 4.69) is 15.4 Å². The molecule has 0 aliphatic carbocycles. The van der Waals surface area contributed by atoms with Crippen molar-refractivity contribution in [2.24, 2.45) is 0 Å². The first kappa shape index (κ1) is 28.8. The Morgan fingerprint density at radius 1 is 1.20 bits per heavy atom. The van der Waals surface area contributed by atoms with Crippen LogP contribution >= 0.6 is 11.6 Å². The number of hydrogen-bond donors (Lipinski definition) is 3. The van der Waals surface area contributed by atoms with Gasteiger partial charge in [0.05, 0.1) is 18.9 Å². The van der Waals surface area contributed by atoms with Gasteiger partial charge >= 0.3 is 12.1 Å². The number of rotatable bonds is 5. The molecule has 2 aromatic carbocycles. The number of aliphatic carboxylic acids is 1. The van der Waals surface area contributed by atoms with Crippen LogP contribution in [-0.4, -0.2) is 59.9 Å². The Morgan fingerprint density at radius 3 is 2.50 bits per heavy atom. The van der Waals surface area contributed by atoms with Crippen molar-refractivity contribution in [3.05, 3.63) is 77.3 Å².